The van der Waals surface area contributed by atoms with Crippen molar-refractivity contribution in [3.63, 3.8) is 0 Å². The van der Waals surface area contributed by atoms with Gasteiger partial charge < -0.3 is 5.73 Å². The van der Waals surface area contributed by atoms with Crippen LogP contribution in [0.2, 0.25) is 0 Å². The lowest BCUT2D eigenvalue weighted by atomic mass is 10.2. The molecule has 1 fully saturated rings. The van der Waals surface area contributed by atoms with Crippen molar-refractivity contribution < 1.29 is 4.39 Å². The summed E-state index contributed by atoms with van der Waals surface area (Å²) in [5.41, 5.74) is 6.52. The molecule has 1 saturated carbocycles. The van der Waals surface area contributed by atoms with Crippen molar-refractivity contribution in [2.24, 2.45) is 5.73 Å². The van der Waals surface area contributed by atoms with E-state index >= 15 is 0 Å². The molecule has 2 atom stereocenters. The molecule has 2 N–H and O–H groups in total. The highest BCUT2D eigenvalue weighted by molar-refractivity contribution is 5.20. The molecule has 1 aliphatic rings. The Bertz CT molecular complexity index is 257. The normalized spacial score (nSPS) is 28.5. The standard InChI is InChI=1S/C8H9FN2/c9-5-1-2-8(11-4-5)6-3-7(6)10/h1-2,4,6-7H,3,10H2/t6-,7-/m1/s1. The second-order valence-electron chi connectivity index (χ2n) is 2.91. The van der Waals surface area contributed by atoms with Crippen molar-refractivity contribution in [3.05, 3.63) is 29.8 Å². The third-order valence-corrected chi connectivity index (χ3v) is 1.97. The Hall–Kier alpha value is -0.960. The number of halogens is 1. The zero-order chi connectivity index (χ0) is 7.84. The first-order chi connectivity index (χ1) is 5.27. The van der Waals surface area contributed by atoms with Gasteiger partial charge in [0.1, 0.15) is 5.82 Å². The molecule has 0 aromatic carbocycles. The minimum absolute atomic E-state index is 0.243. The van der Waals surface area contributed by atoms with Crippen molar-refractivity contribution in [2.45, 2.75) is 18.4 Å². The average Bonchev–Trinajstić information content (AvgIpc) is 2.69. The summed E-state index contributed by atoms with van der Waals surface area (Å²) >= 11 is 0. The second kappa shape index (κ2) is 2.27. The van der Waals surface area contributed by atoms with Gasteiger partial charge in [-0.05, 0) is 18.6 Å². The maximum atomic E-state index is 12.4. The van der Waals surface area contributed by atoms with Gasteiger partial charge >= 0.3 is 0 Å². The molecule has 1 aromatic heterocycles. The second-order valence-corrected chi connectivity index (χ2v) is 2.91. The maximum Gasteiger partial charge on any atom is 0.141 e. The van der Waals surface area contributed by atoms with E-state index in [1.165, 1.54) is 12.3 Å². The van der Waals surface area contributed by atoms with E-state index in [0.29, 0.717) is 5.92 Å². The predicted octanol–water partition coefficient (Wildman–Crippen LogP) is 1.04. The Morgan fingerprint density at radius 1 is 1.55 bits per heavy atom. The highest BCUT2D eigenvalue weighted by Gasteiger charge is 2.35. The molecule has 0 saturated heterocycles. The quantitative estimate of drug-likeness (QED) is 0.652. The van der Waals surface area contributed by atoms with E-state index in [9.17, 15) is 4.39 Å². The van der Waals surface area contributed by atoms with E-state index in [4.69, 9.17) is 5.73 Å². The minimum Gasteiger partial charge on any atom is -0.327 e. The van der Waals surface area contributed by atoms with Crippen LogP contribution in [-0.2, 0) is 0 Å². The molecular formula is C8H9FN2. The molecule has 2 nitrogen and oxygen atoms in total. The van der Waals surface area contributed by atoms with Crippen LogP contribution >= 0.6 is 0 Å². The molecule has 0 bridgehead atoms. The number of hydrogen-bond acceptors (Lipinski definition) is 2. The zero-order valence-corrected chi connectivity index (χ0v) is 6.00. The lowest BCUT2D eigenvalue weighted by Crippen LogP contribution is -2.01. The third-order valence-electron chi connectivity index (χ3n) is 1.97. The molecule has 1 heterocycles. The molecule has 1 aliphatic carbocycles. The van der Waals surface area contributed by atoms with Crippen LogP contribution in [0.3, 0.4) is 0 Å². The number of rotatable bonds is 1. The molecule has 11 heavy (non-hydrogen) atoms. The fraction of sp³-hybridized carbons (Fsp3) is 0.375. The molecule has 0 unspecified atom stereocenters. The Balaban J connectivity index is 2.21. The van der Waals surface area contributed by atoms with Crippen molar-refractivity contribution in [1.29, 1.82) is 0 Å². The Morgan fingerprint density at radius 3 is 2.73 bits per heavy atom. The van der Waals surface area contributed by atoms with E-state index in [-0.39, 0.29) is 11.9 Å². The van der Waals surface area contributed by atoms with E-state index < -0.39 is 0 Å². The van der Waals surface area contributed by atoms with Crippen LogP contribution in [0, 0.1) is 5.82 Å². The summed E-state index contributed by atoms with van der Waals surface area (Å²) in [6.45, 7) is 0. The van der Waals surface area contributed by atoms with Gasteiger partial charge in [-0.2, -0.15) is 0 Å². The third kappa shape index (κ3) is 1.24. The highest BCUT2D eigenvalue weighted by atomic mass is 19.1. The number of nitrogens with zero attached hydrogens (tertiary/aromatic N) is 1. The highest BCUT2D eigenvalue weighted by Crippen LogP contribution is 2.37. The van der Waals surface area contributed by atoms with Crippen molar-refractivity contribution in [1.82, 2.24) is 4.98 Å². The van der Waals surface area contributed by atoms with Crippen LogP contribution < -0.4 is 5.73 Å². The summed E-state index contributed by atoms with van der Waals surface area (Å²) in [5, 5.41) is 0. The molecule has 1 aromatic rings. The smallest absolute Gasteiger partial charge is 0.141 e. The van der Waals surface area contributed by atoms with Crippen LogP contribution in [0.4, 0.5) is 4.39 Å². The summed E-state index contributed by atoms with van der Waals surface area (Å²) in [7, 11) is 0. The molecule has 0 amide bonds. The van der Waals surface area contributed by atoms with Gasteiger partial charge in [0.2, 0.25) is 0 Å². The molecule has 0 spiro atoms. The van der Waals surface area contributed by atoms with Crippen LogP contribution in [0.1, 0.15) is 18.0 Å². The minimum atomic E-state index is -0.289. The van der Waals surface area contributed by atoms with E-state index in [0.717, 1.165) is 12.1 Å². The van der Waals surface area contributed by atoms with Gasteiger partial charge in [-0.1, -0.05) is 0 Å². The summed E-state index contributed by atoms with van der Waals surface area (Å²) in [6, 6.07) is 3.37. The molecule has 58 valence electrons. The van der Waals surface area contributed by atoms with Crippen LogP contribution in [-0.4, -0.2) is 11.0 Å². The largest absolute Gasteiger partial charge is 0.327 e. The van der Waals surface area contributed by atoms with E-state index in [1.807, 2.05) is 0 Å². The number of pyridine rings is 1. The first-order valence-corrected chi connectivity index (χ1v) is 3.64. The van der Waals surface area contributed by atoms with Crippen molar-refractivity contribution in [3.8, 4) is 0 Å². The molecule has 3 heteroatoms. The number of aromatic nitrogens is 1. The summed E-state index contributed by atoms with van der Waals surface area (Å²) in [6.07, 6.45) is 2.22. The number of nitrogens with two attached hydrogens (primary N) is 1. The lowest BCUT2D eigenvalue weighted by molar-refractivity contribution is 0.619. The van der Waals surface area contributed by atoms with Crippen LogP contribution in [0.5, 0.6) is 0 Å². The Morgan fingerprint density at radius 2 is 2.27 bits per heavy atom. The van der Waals surface area contributed by atoms with Gasteiger partial charge in [0.05, 0.1) is 6.20 Å². The SMILES string of the molecule is N[C@@H]1C[C@H]1c1ccc(F)cn1. The monoisotopic (exact) mass is 152 g/mol. The first kappa shape index (κ1) is 6.73. The zero-order valence-electron chi connectivity index (χ0n) is 6.00. The first-order valence-electron chi connectivity index (χ1n) is 3.64. The fourth-order valence-electron chi connectivity index (χ4n) is 1.16. The number of hydrogen-bond donors (Lipinski definition) is 1. The Kier molecular flexibility index (Phi) is 1.39. The fourth-order valence-corrected chi connectivity index (χ4v) is 1.16. The predicted molar refractivity (Wildman–Crippen MR) is 39.5 cm³/mol. The van der Waals surface area contributed by atoms with Crippen molar-refractivity contribution >= 4 is 0 Å². The summed E-state index contributed by atoms with van der Waals surface area (Å²) in [4.78, 5) is 3.94. The average molecular weight is 152 g/mol. The Labute approximate surface area is 64.2 Å². The van der Waals surface area contributed by atoms with Gasteiger partial charge in [0.15, 0.2) is 0 Å². The van der Waals surface area contributed by atoms with Crippen LogP contribution in [0.15, 0.2) is 18.3 Å². The van der Waals surface area contributed by atoms with E-state index in [1.54, 1.807) is 6.07 Å². The molecular weight excluding hydrogens is 143 g/mol. The summed E-state index contributed by atoms with van der Waals surface area (Å²) < 4.78 is 12.4. The van der Waals surface area contributed by atoms with Gasteiger partial charge in [-0.15, -0.1) is 0 Å². The van der Waals surface area contributed by atoms with Gasteiger partial charge in [-0.25, -0.2) is 4.39 Å². The lowest BCUT2D eigenvalue weighted by Gasteiger charge is -1.95. The van der Waals surface area contributed by atoms with Gasteiger partial charge in [0.25, 0.3) is 0 Å². The molecule has 0 aliphatic heterocycles. The molecule has 2 rings (SSSR count). The topological polar surface area (TPSA) is 38.9 Å². The van der Waals surface area contributed by atoms with Gasteiger partial charge in [-0.3, -0.25) is 4.98 Å². The van der Waals surface area contributed by atoms with Crippen LogP contribution in [0.25, 0.3) is 0 Å². The van der Waals surface area contributed by atoms with Gasteiger partial charge in [0, 0.05) is 17.7 Å². The van der Waals surface area contributed by atoms with Crippen molar-refractivity contribution in [2.75, 3.05) is 0 Å². The summed E-state index contributed by atoms with van der Waals surface area (Å²) in [5.74, 6) is 0.0820. The maximum absolute atomic E-state index is 12.4. The van der Waals surface area contributed by atoms with E-state index in [2.05, 4.69) is 4.98 Å². The molecule has 0 radical (unpaired) electrons.